The molecule has 0 unspecified atom stereocenters. The zero-order valence-electron chi connectivity index (χ0n) is 11.6. The van der Waals surface area contributed by atoms with E-state index in [1.54, 1.807) is 0 Å². The van der Waals surface area contributed by atoms with E-state index in [9.17, 15) is 14.7 Å². The molecule has 0 spiro atoms. The maximum Gasteiger partial charge on any atom is 0.339 e. The number of aromatic hydroxyl groups is 1. The maximum absolute atomic E-state index is 11.7. The summed E-state index contributed by atoms with van der Waals surface area (Å²) in [5, 5.41) is 23.6. The molecule has 0 saturated carbocycles. The van der Waals surface area contributed by atoms with E-state index in [-0.39, 0.29) is 17.3 Å². The molecule has 6 heteroatoms. The summed E-state index contributed by atoms with van der Waals surface area (Å²) in [7, 11) is 0. The minimum Gasteiger partial charge on any atom is -0.507 e. The van der Waals surface area contributed by atoms with Gasteiger partial charge in [0.2, 0.25) is 0 Å². The molecule has 0 aromatic heterocycles. The Bertz CT molecular complexity index is 484. The lowest BCUT2D eigenvalue weighted by Crippen LogP contribution is -2.32. The monoisotopic (exact) mass is 280 g/mol. The number of carboxylic acids is 1. The van der Waals surface area contributed by atoms with Gasteiger partial charge in [0.25, 0.3) is 0 Å². The highest BCUT2D eigenvalue weighted by Gasteiger charge is 2.11. The smallest absolute Gasteiger partial charge is 0.339 e. The molecule has 0 atom stereocenters. The van der Waals surface area contributed by atoms with Gasteiger partial charge in [-0.2, -0.15) is 0 Å². The number of carbonyl (C=O) groups excluding carboxylic acids is 1. The first-order chi connectivity index (χ1) is 9.47. The number of hydrogen-bond donors (Lipinski definition) is 4. The van der Waals surface area contributed by atoms with Gasteiger partial charge >= 0.3 is 12.0 Å². The number of urea groups is 1. The number of aromatic carboxylic acids is 1. The average molecular weight is 280 g/mol. The van der Waals surface area contributed by atoms with E-state index in [4.69, 9.17) is 5.11 Å². The summed E-state index contributed by atoms with van der Waals surface area (Å²) in [5.74, 6) is -1.16. The zero-order chi connectivity index (χ0) is 15.1. The predicted molar refractivity (Wildman–Crippen MR) is 76.2 cm³/mol. The van der Waals surface area contributed by atoms with Gasteiger partial charge in [-0.1, -0.05) is 26.7 Å². The number of rotatable bonds is 6. The minimum absolute atomic E-state index is 0.201. The van der Waals surface area contributed by atoms with Gasteiger partial charge < -0.3 is 20.8 Å². The van der Waals surface area contributed by atoms with Crippen molar-refractivity contribution in [1.82, 2.24) is 5.32 Å². The predicted octanol–water partition coefficient (Wildman–Crippen LogP) is 2.65. The van der Waals surface area contributed by atoms with E-state index in [1.807, 2.05) is 0 Å². The zero-order valence-corrected chi connectivity index (χ0v) is 11.6. The van der Waals surface area contributed by atoms with E-state index >= 15 is 0 Å². The molecule has 6 nitrogen and oxygen atoms in total. The molecule has 0 saturated heterocycles. The van der Waals surface area contributed by atoms with Gasteiger partial charge in [0.05, 0.1) is 0 Å². The second kappa shape index (κ2) is 7.37. The van der Waals surface area contributed by atoms with Crippen LogP contribution in [0.1, 0.15) is 37.0 Å². The fourth-order valence-electron chi connectivity index (χ4n) is 1.78. The lowest BCUT2D eigenvalue weighted by atomic mass is 10.0. The van der Waals surface area contributed by atoms with E-state index in [1.165, 1.54) is 18.2 Å². The second-order valence-electron chi connectivity index (χ2n) is 4.55. The second-order valence-corrected chi connectivity index (χ2v) is 4.55. The van der Waals surface area contributed by atoms with Crippen LogP contribution in [0.25, 0.3) is 0 Å². The van der Waals surface area contributed by atoms with Crippen LogP contribution in [0.5, 0.6) is 5.75 Å². The van der Waals surface area contributed by atoms with Gasteiger partial charge in [0, 0.05) is 18.3 Å². The molecule has 1 aromatic rings. The van der Waals surface area contributed by atoms with Gasteiger partial charge in [-0.05, 0) is 18.1 Å². The summed E-state index contributed by atoms with van der Waals surface area (Å²) in [4.78, 5) is 22.4. The van der Waals surface area contributed by atoms with Crippen LogP contribution in [0.4, 0.5) is 10.5 Å². The lowest BCUT2D eigenvalue weighted by molar-refractivity contribution is 0.0694. The lowest BCUT2D eigenvalue weighted by Gasteiger charge is -2.14. The number of nitrogens with one attached hydrogen (secondary N) is 2. The summed E-state index contributed by atoms with van der Waals surface area (Å²) < 4.78 is 0. The largest absolute Gasteiger partial charge is 0.507 e. The summed E-state index contributed by atoms with van der Waals surface area (Å²) in [6.45, 7) is 4.71. The van der Waals surface area contributed by atoms with Crippen LogP contribution in [-0.4, -0.2) is 28.8 Å². The van der Waals surface area contributed by atoms with E-state index in [0.29, 0.717) is 18.2 Å². The van der Waals surface area contributed by atoms with Crippen LogP contribution in [-0.2, 0) is 0 Å². The highest BCUT2D eigenvalue weighted by atomic mass is 16.4. The van der Waals surface area contributed by atoms with Crippen LogP contribution < -0.4 is 10.6 Å². The van der Waals surface area contributed by atoms with Crippen LogP contribution in [0, 0.1) is 5.92 Å². The minimum atomic E-state index is -1.22. The fraction of sp³-hybridized carbons (Fsp3) is 0.429. The van der Waals surface area contributed by atoms with E-state index < -0.39 is 5.97 Å². The molecule has 0 bridgehead atoms. The first-order valence-electron chi connectivity index (χ1n) is 6.59. The third-order valence-corrected chi connectivity index (χ3v) is 3.19. The van der Waals surface area contributed by atoms with Crippen molar-refractivity contribution in [1.29, 1.82) is 0 Å². The molecule has 2 amide bonds. The molecule has 110 valence electrons. The molecule has 1 rings (SSSR count). The molecule has 1 aromatic carbocycles. The molecule has 0 aliphatic heterocycles. The standard InChI is InChI=1S/C14H20N2O4/c1-3-9(4-2)8-15-14(20)16-10-5-6-11(13(18)19)12(17)7-10/h5-7,9,17H,3-4,8H2,1-2H3,(H,18,19)(H2,15,16,20). The van der Waals surface area contributed by atoms with Gasteiger partial charge in [-0.3, -0.25) is 0 Å². The number of phenols is 1. The summed E-state index contributed by atoms with van der Waals surface area (Å²) in [6, 6.07) is 3.51. The molecule has 0 aliphatic rings. The van der Waals surface area contributed by atoms with Crippen LogP contribution >= 0.6 is 0 Å². The first kappa shape index (κ1) is 15.8. The molecule has 0 fully saturated rings. The first-order valence-corrected chi connectivity index (χ1v) is 6.59. The van der Waals surface area contributed by atoms with Crippen molar-refractivity contribution in [2.24, 2.45) is 5.92 Å². The van der Waals surface area contributed by atoms with E-state index in [0.717, 1.165) is 12.8 Å². The van der Waals surface area contributed by atoms with Crippen LogP contribution in [0.3, 0.4) is 0 Å². The van der Waals surface area contributed by atoms with Crippen LogP contribution in [0.15, 0.2) is 18.2 Å². The van der Waals surface area contributed by atoms with Crippen molar-refractivity contribution in [3.63, 3.8) is 0 Å². The van der Waals surface area contributed by atoms with E-state index in [2.05, 4.69) is 24.5 Å². The topological polar surface area (TPSA) is 98.7 Å². The number of carbonyl (C=O) groups is 2. The molecular formula is C14H20N2O4. The van der Waals surface area contributed by atoms with Crippen molar-refractivity contribution in [3.05, 3.63) is 23.8 Å². The van der Waals surface area contributed by atoms with Crippen molar-refractivity contribution in [2.45, 2.75) is 26.7 Å². The maximum atomic E-state index is 11.7. The Morgan fingerprint density at radius 2 is 1.90 bits per heavy atom. The summed E-state index contributed by atoms with van der Waals surface area (Å²) >= 11 is 0. The number of carboxylic acid groups (broad SMARTS) is 1. The third-order valence-electron chi connectivity index (χ3n) is 3.19. The van der Waals surface area contributed by atoms with Crippen molar-refractivity contribution in [2.75, 3.05) is 11.9 Å². The Kier molecular flexibility index (Phi) is 5.83. The summed E-state index contributed by atoms with van der Waals surface area (Å²) in [5.41, 5.74) is 0.141. The molecule has 4 N–H and O–H groups in total. The van der Waals surface area contributed by atoms with Crippen molar-refractivity contribution < 1.29 is 19.8 Å². The Morgan fingerprint density at radius 3 is 2.40 bits per heavy atom. The Morgan fingerprint density at radius 1 is 1.25 bits per heavy atom. The molecule has 0 radical (unpaired) electrons. The molecule has 20 heavy (non-hydrogen) atoms. The number of amides is 2. The quantitative estimate of drug-likeness (QED) is 0.643. The Balaban J connectivity index is 2.58. The van der Waals surface area contributed by atoms with Crippen molar-refractivity contribution in [3.8, 4) is 5.75 Å². The molecular weight excluding hydrogens is 260 g/mol. The normalized spacial score (nSPS) is 10.3. The van der Waals surface area contributed by atoms with Crippen LogP contribution in [0.2, 0.25) is 0 Å². The molecule has 0 aliphatic carbocycles. The third kappa shape index (κ3) is 4.46. The summed E-state index contributed by atoms with van der Waals surface area (Å²) in [6.07, 6.45) is 1.98. The highest BCUT2D eigenvalue weighted by molar-refractivity contribution is 5.93. The number of anilines is 1. The number of benzene rings is 1. The SMILES string of the molecule is CCC(CC)CNC(=O)Nc1ccc(C(=O)O)c(O)c1. The van der Waals surface area contributed by atoms with Gasteiger partial charge in [0.1, 0.15) is 11.3 Å². The Hall–Kier alpha value is -2.24. The van der Waals surface area contributed by atoms with Gasteiger partial charge in [-0.15, -0.1) is 0 Å². The van der Waals surface area contributed by atoms with Gasteiger partial charge in [-0.25, -0.2) is 9.59 Å². The number of hydrogen-bond acceptors (Lipinski definition) is 3. The van der Waals surface area contributed by atoms with Crippen molar-refractivity contribution >= 4 is 17.7 Å². The molecule has 0 heterocycles. The Labute approximate surface area is 117 Å². The highest BCUT2D eigenvalue weighted by Crippen LogP contribution is 2.21. The van der Waals surface area contributed by atoms with Gasteiger partial charge in [0.15, 0.2) is 0 Å². The average Bonchev–Trinajstić information content (AvgIpc) is 2.39. The fourth-order valence-corrected chi connectivity index (χ4v) is 1.78.